The third-order valence-corrected chi connectivity index (χ3v) is 4.76. The van der Waals surface area contributed by atoms with Crippen LogP contribution in [0.4, 0.5) is 4.79 Å². The Labute approximate surface area is 211 Å². The minimum Gasteiger partial charge on any atom is -0.468 e. The number of primary amides is 1. The van der Waals surface area contributed by atoms with E-state index in [2.05, 4.69) is 21.9 Å². The summed E-state index contributed by atoms with van der Waals surface area (Å²) in [7, 11) is 1.18. The molecule has 1 aromatic carbocycles. The fraction of sp³-hybridized carbons (Fsp3) is 0.480. The maximum atomic E-state index is 13.7. The third-order valence-electron chi connectivity index (χ3n) is 4.76. The van der Waals surface area contributed by atoms with E-state index >= 15 is 0 Å². The molecule has 1 aromatic rings. The van der Waals surface area contributed by atoms with Crippen LogP contribution in [-0.2, 0) is 28.7 Å². The van der Waals surface area contributed by atoms with Gasteiger partial charge in [-0.3, -0.25) is 19.2 Å². The molecule has 0 heterocycles. The summed E-state index contributed by atoms with van der Waals surface area (Å²) >= 11 is 0. The zero-order chi connectivity index (χ0) is 27.6. The number of rotatable bonds is 11. The van der Waals surface area contributed by atoms with Crippen molar-refractivity contribution in [1.82, 2.24) is 15.5 Å². The second-order valence-corrected chi connectivity index (χ2v) is 9.27. The molecule has 0 aliphatic heterocycles. The van der Waals surface area contributed by atoms with Gasteiger partial charge < -0.3 is 30.7 Å². The number of amides is 4. The van der Waals surface area contributed by atoms with Crippen molar-refractivity contribution in [2.75, 3.05) is 20.2 Å². The Hall–Kier alpha value is -3.89. The van der Waals surface area contributed by atoms with Gasteiger partial charge in [-0.1, -0.05) is 35.4 Å². The Bertz CT molecular complexity index is 980. The Morgan fingerprint density at radius 2 is 1.69 bits per heavy atom. The minimum atomic E-state index is -1.42. The number of hydrogen-bond acceptors (Lipinski definition) is 7. The van der Waals surface area contributed by atoms with Gasteiger partial charge >= 0.3 is 12.1 Å². The number of carbonyl (C=O) groups excluding carboxylic acids is 5. The van der Waals surface area contributed by atoms with Crippen LogP contribution in [0.5, 0.6) is 0 Å². The van der Waals surface area contributed by atoms with Gasteiger partial charge in [0.1, 0.15) is 24.2 Å². The van der Waals surface area contributed by atoms with Crippen LogP contribution in [-0.4, -0.2) is 66.5 Å². The predicted octanol–water partition coefficient (Wildman–Crippen LogP) is 1.42. The molecule has 0 bridgehead atoms. The van der Waals surface area contributed by atoms with E-state index in [-0.39, 0.29) is 6.54 Å². The number of ether oxygens (including phenoxy) is 2. The molecule has 0 radical (unpaired) electrons. The summed E-state index contributed by atoms with van der Waals surface area (Å²) in [5.74, 6) is -2.96. The van der Waals surface area contributed by atoms with Gasteiger partial charge in [-0.25, -0.2) is 4.79 Å². The molecular weight excluding hydrogens is 468 g/mol. The maximum Gasteiger partial charge on any atom is 0.408 e. The molecule has 11 nitrogen and oxygen atoms in total. The second kappa shape index (κ2) is 13.3. The van der Waals surface area contributed by atoms with Crippen LogP contribution >= 0.6 is 0 Å². The number of methoxy groups -OCH3 is 1. The molecule has 0 spiro atoms. The van der Waals surface area contributed by atoms with Crippen LogP contribution in [0.1, 0.15) is 49.9 Å². The number of aryl methyl sites for hydroxylation is 2. The molecule has 2 unspecified atom stereocenters. The van der Waals surface area contributed by atoms with E-state index in [0.717, 1.165) is 16.0 Å². The average Bonchev–Trinajstić information content (AvgIpc) is 2.73. The number of alkyl carbamates (subject to hydrolysis) is 1. The summed E-state index contributed by atoms with van der Waals surface area (Å²) in [6, 6.07) is 2.70. The summed E-state index contributed by atoms with van der Waals surface area (Å²) in [5, 5.41) is 4.85. The van der Waals surface area contributed by atoms with Crippen molar-refractivity contribution in [2.45, 2.75) is 58.7 Å². The van der Waals surface area contributed by atoms with Gasteiger partial charge in [-0.15, -0.1) is 6.58 Å². The van der Waals surface area contributed by atoms with Crippen molar-refractivity contribution in [1.29, 1.82) is 0 Å². The minimum absolute atomic E-state index is 0.118. The van der Waals surface area contributed by atoms with Crippen molar-refractivity contribution in [3.63, 3.8) is 0 Å². The lowest BCUT2D eigenvalue weighted by atomic mass is 9.98. The van der Waals surface area contributed by atoms with Crippen LogP contribution < -0.4 is 16.4 Å². The average molecular weight is 505 g/mol. The highest BCUT2D eigenvalue weighted by atomic mass is 16.6. The zero-order valence-electron chi connectivity index (χ0n) is 21.7. The number of esters is 1. The topological polar surface area (TPSA) is 157 Å². The Morgan fingerprint density at radius 1 is 1.11 bits per heavy atom. The normalized spacial score (nSPS) is 12.5. The summed E-state index contributed by atoms with van der Waals surface area (Å²) in [6.45, 7) is 11.7. The van der Waals surface area contributed by atoms with Crippen LogP contribution in [0.3, 0.4) is 0 Å². The molecule has 0 aromatic heterocycles. The molecule has 0 fully saturated rings. The lowest BCUT2D eigenvalue weighted by molar-refractivity contribution is -0.144. The number of nitrogens with one attached hydrogen (secondary N) is 2. The summed E-state index contributed by atoms with van der Waals surface area (Å²) in [5.41, 5.74) is 6.61. The van der Waals surface area contributed by atoms with E-state index in [4.69, 9.17) is 10.5 Å². The largest absolute Gasteiger partial charge is 0.468 e. The first-order valence-electron chi connectivity index (χ1n) is 11.3. The fourth-order valence-electron chi connectivity index (χ4n) is 3.48. The van der Waals surface area contributed by atoms with Gasteiger partial charge in [0.2, 0.25) is 17.7 Å². The fourth-order valence-corrected chi connectivity index (χ4v) is 3.48. The molecule has 0 saturated carbocycles. The van der Waals surface area contributed by atoms with Crippen molar-refractivity contribution >= 4 is 29.8 Å². The first-order chi connectivity index (χ1) is 16.7. The van der Waals surface area contributed by atoms with Crippen molar-refractivity contribution in [3.05, 3.63) is 47.5 Å². The maximum absolute atomic E-state index is 13.7. The Morgan fingerprint density at radius 3 is 2.17 bits per heavy atom. The van der Waals surface area contributed by atoms with Crippen LogP contribution in [0.25, 0.3) is 0 Å². The van der Waals surface area contributed by atoms with Gasteiger partial charge in [-0.05, 0) is 40.2 Å². The Balaban J connectivity index is 3.50. The summed E-state index contributed by atoms with van der Waals surface area (Å²) < 4.78 is 9.80. The molecule has 1 rings (SSSR count). The van der Waals surface area contributed by atoms with E-state index in [1.807, 2.05) is 19.9 Å². The summed E-state index contributed by atoms with van der Waals surface area (Å²) in [4.78, 5) is 63.9. The van der Waals surface area contributed by atoms with E-state index in [1.165, 1.54) is 13.2 Å². The number of hydrogen-bond donors (Lipinski definition) is 3. The van der Waals surface area contributed by atoms with Crippen molar-refractivity contribution < 1.29 is 33.4 Å². The third kappa shape index (κ3) is 9.77. The zero-order valence-corrected chi connectivity index (χ0v) is 21.7. The van der Waals surface area contributed by atoms with Gasteiger partial charge in [0.05, 0.1) is 13.5 Å². The van der Waals surface area contributed by atoms with Crippen LogP contribution in [0.2, 0.25) is 0 Å². The predicted molar refractivity (Wildman–Crippen MR) is 133 cm³/mol. The van der Waals surface area contributed by atoms with Gasteiger partial charge in [0.15, 0.2) is 0 Å². The van der Waals surface area contributed by atoms with E-state index < -0.39 is 60.4 Å². The first kappa shape index (κ1) is 30.1. The SMILES string of the molecule is C=CCN(C(=O)C(CC(N)=O)NC(=O)OC(C)(C)C)C(C(=O)NCC(=O)OC)c1cc(C)cc(C)c1. The van der Waals surface area contributed by atoms with E-state index in [0.29, 0.717) is 5.56 Å². The second-order valence-electron chi connectivity index (χ2n) is 9.27. The lowest BCUT2D eigenvalue weighted by Crippen LogP contribution is -2.54. The molecule has 0 saturated heterocycles. The van der Waals surface area contributed by atoms with Crippen molar-refractivity contribution in [2.24, 2.45) is 5.73 Å². The Kier molecular flexibility index (Phi) is 11.1. The molecule has 4 amide bonds. The molecule has 0 aliphatic rings. The lowest BCUT2D eigenvalue weighted by Gasteiger charge is -2.33. The van der Waals surface area contributed by atoms with Gasteiger partial charge in [0.25, 0.3) is 0 Å². The number of carbonyl (C=O) groups is 5. The van der Waals surface area contributed by atoms with Crippen LogP contribution in [0.15, 0.2) is 30.9 Å². The quantitative estimate of drug-likeness (QED) is 0.304. The highest BCUT2D eigenvalue weighted by molar-refractivity contribution is 5.95. The number of nitrogens with zero attached hydrogens (tertiary/aromatic N) is 1. The first-order valence-corrected chi connectivity index (χ1v) is 11.3. The highest BCUT2D eigenvalue weighted by Gasteiger charge is 2.36. The summed E-state index contributed by atoms with van der Waals surface area (Å²) in [6.07, 6.45) is -0.0656. The van der Waals surface area contributed by atoms with E-state index in [9.17, 15) is 24.0 Å². The number of benzene rings is 1. The number of nitrogens with two attached hydrogens (primary N) is 1. The van der Waals surface area contributed by atoms with Gasteiger partial charge in [-0.2, -0.15) is 0 Å². The van der Waals surface area contributed by atoms with E-state index in [1.54, 1.807) is 32.9 Å². The molecular formula is C25H36N4O7. The van der Waals surface area contributed by atoms with Crippen LogP contribution in [0, 0.1) is 13.8 Å². The molecule has 2 atom stereocenters. The van der Waals surface area contributed by atoms with Crippen molar-refractivity contribution in [3.8, 4) is 0 Å². The monoisotopic (exact) mass is 504 g/mol. The molecule has 4 N–H and O–H groups in total. The standard InChI is InChI=1S/C25H36N4O7/c1-8-9-29(23(33)18(13-19(26)30)28-24(34)36-25(4,5)6)21(22(32)27-14-20(31)35-7)17-11-15(2)10-16(3)12-17/h8,10-12,18,21H,1,9,13-14H2,2-7H3,(H2,26,30)(H,27,32)(H,28,34). The highest BCUT2D eigenvalue weighted by Crippen LogP contribution is 2.25. The molecule has 0 aliphatic carbocycles. The smallest absolute Gasteiger partial charge is 0.408 e. The molecule has 36 heavy (non-hydrogen) atoms. The molecule has 11 heteroatoms. The molecule has 198 valence electrons. The van der Waals surface area contributed by atoms with Gasteiger partial charge in [0, 0.05) is 6.54 Å².